The van der Waals surface area contributed by atoms with Gasteiger partial charge in [-0.25, -0.2) is 8.91 Å². The average Bonchev–Trinajstić information content (AvgIpc) is 3.02. The molecule has 2 atom stereocenters. The van der Waals surface area contributed by atoms with Crippen LogP contribution in [0.3, 0.4) is 0 Å². The predicted molar refractivity (Wildman–Crippen MR) is 73.2 cm³/mol. The number of nitrogens with two attached hydrogens (primary N) is 1. The molecule has 2 aromatic heterocycles. The Morgan fingerprint density at radius 3 is 3.25 bits per heavy atom. The molecule has 3 rings (SSSR count). The molecule has 0 radical (unpaired) electrons. The number of hydrogen-bond donors (Lipinski definition) is 3. The number of alkyl halides is 1. The van der Waals surface area contributed by atoms with Crippen LogP contribution in [-0.2, 0) is 0 Å². The first kappa shape index (κ1) is 12.9. The molecule has 0 bridgehead atoms. The summed E-state index contributed by atoms with van der Waals surface area (Å²) in [6, 6.07) is 3.40. The van der Waals surface area contributed by atoms with E-state index in [-0.39, 0.29) is 11.9 Å². The van der Waals surface area contributed by atoms with Gasteiger partial charge in [0.05, 0.1) is 17.3 Å². The van der Waals surface area contributed by atoms with Gasteiger partial charge in [0.1, 0.15) is 6.17 Å². The Kier molecular flexibility index (Phi) is 3.27. The van der Waals surface area contributed by atoms with Crippen LogP contribution in [0.1, 0.15) is 16.8 Å². The highest BCUT2D eigenvalue weighted by Crippen LogP contribution is 2.14. The third-order valence-corrected chi connectivity index (χ3v) is 3.47. The standard InChI is InChI=1S/C13H16FN5O/c14-8-3-10(16-5-8)6-17-13(20)11-7-18-19-2-1-9(15)4-12(11)19/h1-2,4,7-8,10,16H,3,5-6,15H2,(H,17,20)/t8-,10-/m0/s1. The molecule has 7 heteroatoms. The van der Waals surface area contributed by atoms with Gasteiger partial charge in [-0.1, -0.05) is 0 Å². The number of halogens is 1. The maximum Gasteiger partial charge on any atom is 0.255 e. The van der Waals surface area contributed by atoms with E-state index >= 15 is 0 Å². The lowest BCUT2D eigenvalue weighted by atomic mass is 10.2. The molecule has 0 spiro atoms. The van der Waals surface area contributed by atoms with Gasteiger partial charge in [-0.2, -0.15) is 5.10 Å². The SMILES string of the molecule is Nc1ccn2ncc(C(=O)NC[C@@H]3C[C@H](F)CN3)c2c1. The summed E-state index contributed by atoms with van der Waals surface area (Å²) in [4.78, 5) is 12.1. The maximum absolute atomic E-state index is 13.0. The van der Waals surface area contributed by atoms with E-state index in [9.17, 15) is 9.18 Å². The maximum atomic E-state index is 13.0. The van der Waals surface area contributed by atoms with Gasteiger partial charge in [0.2, 0.25) is 0 Å². The summed E-state index contributed by atoms with van der Waals surface area (Å²) in [7, 11) is 0. The fourth-order valence-electron chi connectivity index (χ4n) is 2.41. The average molecular weight is 277 g/mol. The van der Waals surface area contributed by atoms with Gasteiger partial charge in [0.15, 0.2) is 0 Å². The number of nitrogens with one attached hydrogen (secondary N) is 2. The molecule has 3 heterocycles. The summed E-state index contributed by atoms with van der Waals surface area (Å²) >= 11 is 0. The van der Waals surface area contributed by atoms with Gasteiger partial charge < -0.3 is 16.4 Å². The van der Waals surface area contributed by atoms with Crippen molar-refractivity contribution in [1.82, 2.24) is 20.2 Å². The molecule has 20 heavy (non-hydrogen) atoms. The number of nitrogens with zero attached hydrogens (tertiary/aromatic N) is 2. The van der Waals surface area contributed by atoms with Crippen molar-refractivity contribution in [2.24, 2.45) is 0 Å². The molecule has 106 valence electrons. The van der Waals surface area contributed by atoms with Crippen molar-refractivity contribution in [3.63, 3.8) is 0 Å². The summed E-state index contributed by atoms with van der Waals surface area (Å²) in [6.07, 6.45) is 2.81. The number of pyridine rings is 1. The molecule has 0 aromatic carbocycles. The van der Waals surface area contributed by atoms with Crippen LogP contribution in [0.15, 0.2) is 24.5 Å². The Hall–Kier alpha value is -2.15. The van der Waals surface area contributed by atoms with Crippen LogP contribution >= 0.6 is 0 Å². The molecule has 1 fully saturated rings. The first-order valence-corrected chi connectivity index (χ1v) is 6.52. The summed E-state index contributed by atoms with van der Waals surface area (Å²) < 4.78 is 14.6. The number of nitrogen functional groups attached to an aromatic ring is 1. The van der Waals surface area contributed by atoms with E-state index in [1.807, 2.05) is 0 Å². The lowest BCUT2D eigenvalue weighted by molar-refractivity contribution is 0.0951. The van der Waals surface area contributed by atoms with E-state index in [2.05, 4.69) is 15.7 Å². The Morgan fingerprint density at radius 2 is 2.50 bits per heavy atom. The van der Waals surface area contributed by atoms with Crippen LogP contribution in [0.25, 0.3) is 5.52 Å². The zero-order valence-electron chi connectivity index (χ0n) is 10.8. The summed E-state index contributed by atoms with van der Waals surface area (Å²) in [6.45, 7) is 0.757. The normalized spacial score (nSPS) is 22.2. The molecule has 0 aliphatic carbocycles. The molecule has 1 saturated heterocycles. The minimum absolute atomic E-state index is 0.0131. The number of aromatic nitrogens is 2. The minimum Gasteiger partial charge on any atom is -0.399 e. The second kappa shape index (κ2) is 5.09. The molecule has 1 aliphatic heterocycles. The first-order valence-electron chi connectivity index (χ1n) is 6.52. The second-order valence-electron chi connectivity index (χ2n) is 5.00. The van der Waals surface area contributed by atoms with Gasteiger partial charge in [-0.15, -0.1) is 0 Å². The Labute approximate surface area is 115 Å². The Bertz CT molecular complexity index is 641. The zero-order valence-corrected chi connectivity index (χ0v) is 10.8. The van der Waals surface area contributed by atoms with E-state index in [1.165, 1.54) is 6.20 Å². The lowest BCUT2D eigenvalue weighted by Gasteiger charge is -2.10. The number of fused-ring (bicyclic) bond motifs is 1. The molecule has 1 amide bonds. The monoisotopic (exact) mass is 277 g/mol. The quantitative estimate of drug-likeness (QED) is 0.755. The van der Waals surface area contributed by atoms with Crippen LogP contribution in [0.5, 0.6) is 0 Å². The van der Waals surface area contributed by atoms with Crippen molar-refractivity contribution >= 4 is 17.1 Å². The van der Waals surface area contributed by atoms with Crippen LogP contribution in [0.2, 0.25) is 0 Å². The minimum atomic E-state index is -0.825. The zero-order chi connectivity index (χ0) is 14.1. The third-order valence-electron chi connectivity index (χ3n) is 3.47. The molecule has 1 aliphatic rings. The molecule has 4 N–H and O–H groups in total. The van der Waals surface area contributed by atoms with Crippen molar-refractivity contribution < 1.29 is 9.18 Å². The topological polar surface area (TPSA) is 84.5 Å². The summed E-state index contributed by atoms with van der Waals surface area (Å²) in [5, 5.41) is 9.92. The van der Waals surface area contributed by atoms with Gasteiger partial charge in [-0.3, -0.25) is 4.79 Å². The summed E-state index contributed by atoms with van der Waals surface area (Å²) in [5.41, 5.74) is 7.41. The van der Waals surface area contributed by atoms with Crippen LogP contribution in [-0.4, -0.2) is 40.8 Å². The highest BCUT2D eigenvalue weighted by molar-refractivity contribution is 6.00. The number of hydrogen-bond acceptors (Lipinski definition) is 4. The fourth-order valence-corrected chi connectivity index (χ4v) is 2.41. The second-order valence-corrected chi connectivity index (χ2v) is 5.00. The van der Waals surface area contributed by atoms with E-state index in [1.54, 1.807) is 22.8 Å². The Morgan fingerprint density at radius 1 is 1.65 bits per heavy atom. The van der Waals surface area contributed by atoms with Crippen LogP contribution < -0.4 is 16.4 Å². The molecule has 2 aromatic rings. The van der Waals surface area contributed by atoms with Gasteiger partial charge >= 0.3 is 0 Å². The van der Waals surface area contributed by atoms with E-state index in [0.717, 1.165) is 0 Å². The van der Waals surface area contributed by atoms with Crippen molar-refractivity contribution in [3.8, 4) is 0 Å². The predicted octanol–water partition coefficient (Wildman–Crippen LogP) is 0.346. The van der Waals surface area contributed by atoms with E-state index < -0.39 is 6.17 Å². The fraction of sp³-hybridized carbons (Fsp3) is 0.385. The molecule has 6 nitrogen and oxygen atoms in total. The van der Waals surface area contributed by atoms with Crippen LogP contribution in [0, 0.1) is 0 Å². The highest BCUT2D eigenvalue weighted by atomic mass is 19.1. The van der Waals surface area contributed by atoms with Gasteiger partial charge in [-0.05, 0) is 18.6 Å². The van der Waals surface area contributed by atoms with Gasteiger partial charge in [0, 0.05) is 31.0 Å². The molecular formula is C13H16FN5O. The first-order chi connectivity index (χ1) is 9.63. The Balaban J connectivity index is 1.71. The van der Waals surface area contributed by atoms with Crippen molar-refractivity contribution in [3.05, 3.63) is 30.1 Å². The van der Waals surface area contributed by atoms with Gasteiger partial charge in [0.25, 0.3) is 5.91 Å². The number of anilines is 1. The third kappa shape index (κ3) is 2.44. The summed E-state index contributed by atoms with van der Waals surface area (Å²) in [5.74, 6) is -0.227. The number of carbonyl (C=O) groups excluding carboxylic acids is 1. The number of amides is 1. The van der Waals surface area contributed by atoms with Crippen LogP contribution in [0.4, 0.5) is 10.1 Å². The number of carbonyl (C=O) groups is 1. The molecule has 0 saturated carbocycles. The van der Waals surface area contributed by atoms with E-state index in [0.29, 0.717) is 36.3 Å². The number of rotatable bonds is 3. The van der Waals surface area contributed by atoms with Crippen molar-refractivity contribution in [1.29, 1.82) is 0 Å². The highest BCUT2D eigenvalue weighted by Gasteiger charge is 2.24. The van der Waals surface area contributed by atoms with E-state index in [4.69, 9.17) is 5.73 Å². The molecule has 0 unspecified atom stereocenters. The van der Waals surface area contributed by atoms with Crippen molar-refractivity contribution in [2.45, 2.75) is 18.6 Å². The van der Waals surface area contributed by atoms with Crippen molar-refractivity contribution in [2.75, 3.05) is 18.8 Å². The molecular weight excluding hydrogens is 261 g/mol. The smallest absolute Gasteiger partial charge is 0.255 e. The lowest BCUT2D eigenvalue weighted by Crippen LogP contribution is -2.37. The largest absolute Gasteiger partial charge is 0.399 e.